The number of hydrogen-bond donors (Lipinski definition) is 4. The van der Waals surface area contributed by atoms with Crippen molar-refractivity contribution in [2.45, 2.75) is 59.6 Å². The summed E-state index contributed by atoms with van der Waals surface area (Å²) in [5, 5.41) is 35.1. The molecule has 0 bridgehead atoms. The number of nitriles is 1. The summed E-state index contributed by atoms with van der Waals surface area (Å²) in [7, 11) is 0. The number of hydrogen-bond acceptors (Lipinski definition) is 10. The molecule has 5 aromatic rings. The lowest BCUT2D eigenvalue weighted by Gasteiger charge is -2.19. The summed E-state index contributed by atoms with van der Waals surface area (Å²) in [5.41, 5.74) is 9.30. The van der Waals surface area contributed by atoms with Gasteiger partial charge in [-0.3, -0.25) is 4.98 Å². The zero-order valence-corrected chi connectivity index (χ0v) is 33.8. The van der Waals surface area contributed by atoms with Crippen molar-refractivity contribution in [2.75, 3.05) is 32.9 Å². The van der Waals surface area contributed by atoms with E-state index in [4.69, 9.17) is 42.1 Å². The number of rotatable bonds is 21. The first-order chi connectivity index (χ1) is 27.8. The summed E-state index contributed by atoms with van der Waals surface area (Å²) in [5.74, 6) is 2.92. The van der Waals surface area contributed by atoms with Gasteiger partial charge in [0.2, 0.25) is 0 Å². The largest absolute Gasteiger partial charge is 0.493 e. The van der Waals surface area contributed by atoms with Crippen molar-refractivity contribution >= 4 is 23.2 Å². The number of halogens is 2. The van der Waals surface area contributed by atoms with E-state index in [2.05, 4.69) is 53.7 Å². The molecule has 0 amide bonds. The van der Waals surface area contributed by atoms with Crippen LogP contribution in [0.15, 0.2) is 79.1 Å². The predicted octanol–water partition coefficient (Wildman–Crippen LogP) is 8.23. The van der Waals surface area contributed by atoms with E-state index in [1.165, 1.54) is 19.0 Å². The highest BCUT2D eigenvalue weighted by molar-refractivity contribution is 6.32. The minimum atomic E-state index is -0.0000799. The number of nitrogens with zero attached hydrogens (tertiary/aromatic N) is 2. The average Bonchev–Trinajstić information content (AvgIpc) is 4.05. The highest BCUT2D eigenvalue weighted by atomic mass is 35.5. The molecule has 1 heterocycles. The molecule has 12 heteroatoms. The fraction of sp³-hybridized carbons (Fsp3) is 0.333. The molecule has 0 radical (unpaired) electrons. The highest BCUT2D eigenvalue weighted by Crippen LogP contribution is 2.38. The minimum absolute atomic E-state index is 0.0000799. The van der Waals surface area contributed by atoms with Crippen molar-refractivity contribution in [3.63, 3.8) is 0 Å². The molecule has 0 spiro atoms. The molecule has 0 atom stereocenters. The van der Waals surface area contributed by atoms with E-state index in [1.807, 2.05) is 30.3 Å². The van der Waals surface area contributed by atoms with Crippen LogP contribution in [0.3, 0.4) is 0 Å². The highest BCUT2D eigenvalue weighted by Gasteiger charge is 2.23. The zero-order valence-electron chi connectivity index (χ0n) is 32.2. The SMILES string of the molecule is Cc1c(COc2cc(OCc3cncc(C#N)c3)c(CNCCO)cc2Cl)cccc1-c1cccc(COc2cc(OCC3CC3)c(CNCCO)cc2Cl)c1C. The Hall–Kier alpha value is -4.86. The monoisotopic (exact) mass is 810 g/mol. The van der Waals surface area contributed by atoms with Gasteiger partial charge in [0.15, 0.2) is 0 Å². The van der Waals surface area contributed by atoms with Crippen LogP contribution in [0.4, 0.5) is 0 Å². The summed E-state index contributed by atoms with van der Waals surface area (Å²) in [6.07, 6.45) is 5.54. The molecular formula is C45H48Cl2N4O6. The maximum atomic E-state index is 9.29. The molecule has 10 nitrogen and oxygen atoms in total. The summed E-state index contributed by atoms with van der Waals surface area (Å²) >= 11 is 13.5. The van der Waals surface area contributed by atoms with Crippen LogP contribution in [0.25, 0.3) is 11.1 Å². The molecule has 1 aliphatic rings. The Kier molecular flexibility index (Phi) is 15.0. The van der Waals surface area contributed by atoms with Crippen LogP contribution >= 0.6 is 23.2 Å². The van der Waals surface area contributed by atoms with Gasteiger partial charge >= 0.3 is 0 Å². The lowest BCUT2D eigenvalue weighted by molar-refractivity contribution is 0.280. The molecule has 0 saturated heterocycles. The third kappa shape index (κ3) is 11.4. The van der Waals surface area contributed by atoms with Gasteiger partial charge in [0.25, 0.3) is 0 Å². The lowest BCUT2D eigenvalue weighted by Crippen LogP contribution is -2.18. The van der Waals surface area contributed by atoms with Gasteiger partial charge in [-0.05, 0) is 84.2 Å². The smallest absolute Gasteiger partial charge is 0.142 e. The number of aromatic nitrogens is 1. The first kappa shape index (κ1) is 41.8. The molecule has 1 saturated carbocycles. The Labute approximate surface area is 344 Å². The summed E-state index contributed by atoms with van der Waals surface area (Å²) in [4.78, 5) is 4.13. The fourth-order valence-electron chi connectivity index (χ4n) is 6.38. The maximum Gasteiger partial charge on any atom is 0.142 e. The quantitative estimate of drug-likeness (QED) is 0.0537. The molecule has 0 aliphatic heterocycles. The lowest BCUT2D eigenvalue weighted by atomic mass is 9.92. The van der Waals surface area contributed by atoms with E-state index < -0.39 is 0 Å². The van der Waals surface area contributed by atoms with Crippen molar-refractivity contribution in [2.24, 2.45) is 5.92 Å². The second kappa shape index (κ2) is 20.5. The van der Waals surface area contributed by atoms with Crippen LogP contribution in [0, 0.1) is 31.1 Å². The van der Waals surface area contributed by atoms with Gasteiger partial charge in [-0.1, -0.05) is 59.6 Å². The van der Waals surface area contributed by atoms with Crippen LogP contribution < -0.4 is 29.6 Å². The first-order valence-corrected chi connectivity index (χ1v) is 19.8. The first-order valence-electron chi connectivity index (χ1n) is 19.1. The van der Waals surface area contributed by atoms with Gasteiger partial charge in [0.1, 0.15) is 48.9 Å². The molecule has 1 aliphatic carbocycles. The van der Waals surface area contributed by atoms with E-state index in [0.29, 0.717) is 78.2 Å². The van der Waals surface area contributed by atoms with E-state index >= 15 is 0 Å². The predicted molar refractivity (Wildman–Crippen MR) is 222 cm³/mol. The van der Waals surface area contributed by atoms with Crippen LogP contribution in [0.2, 0.25) is 10.0 Å². The van der Waals surface area contributed by atoms with Gasteiger partial charge in [0.05, 0.1) is 35.4 Å². The number of benzene rings is 4. The van der Waals surface area contributed by atoms with E-state index in [-0.39, 0.29) is 26.4 Å². The Balaban J connectivity index is 1.17. The molecule has 0 unspecified atom stereocenters. The summed E-state index contributed by atoms with van der Waals surface area (Å²) < 4.78 is 25.1. The van der Waals surface area contributed by atoms with E-state index in [0.717, 1.165) is 55.8 Å². The van der Waals surface area contributed by atoms with Gasteiger partial charge in [-0.25, -0.2) is 0 Å². The second-order valence-corrected chi connectivity index (χ2v) is 14.9. The van der Waals surface area contributed by atoms with Gasteiger partial charge < -0.3 is 39.8 Å². The molecule has 1 aromatic heterocycles. The third-order valence-electron chi connectivity index (χ3n) is 9.88. The van der Waals surface area contributed by atoms with Crippen molar-refractivity contribution in [3.8, 4) is 40.2 Å². The van der Waals surface area contributed by atoms with Crippen molar-refractivity contribution < 1.29 is 29.2 Å². The normalized spacial score (nSPS) is 12.3. The molecule has 4 aromatic carbocycles. The average molecular weight is 812 g/mol. The van der Waals surface area contributed by atoms with Crippen LogP contribution in [0.5, 0.6) is 23.0 Å². The molecule has 4 N–H and O–H groups in total. The number of aliphatic hydroxyl groups excluding tert-OH is 2. The topological polar surface area (TPSA) is 138 Å². The van der Waals surface area contributed by atoms with Crippen molar-refractivity contribution in [1.82, 2.24) is 15.6 Å². The number of pyridine rings is 1. The van der Waals surface area contributed by atoms with Gasteiger partial charge in [0, 0.05) is 67.4 Å². The van der Waals surface area contributed by atoms with Gasteiger partial charge in [-0.15, -0.1) is 0 Å². The minimum Gasteiger partial charge on any atom is -0.493 e. The van der Waals surface area contributed by atoms with Crippen LogP contribution in [-0.2, 0) is 32.9 Å². The van der Waals surface area contributed by atoms with E-state index in [1.54, 1.807) is 24.4 Å². The summed E-state index contributed by atoms with van der Waals surface area (Å²) in [6.45, 7) is 7.54. The molecule has 1 fully saturated rings. The standard InChI is InChI=1S/C45H48Cl2N4O6/c1-29-34(27-56-44-18-42(54-25-31-9-10-31)36(16-40(44)46)23-49-11-13-52)5-3-7-38(29)39-8-4-6-35(30(39)2)28-57-45-19-43(37(17-41(45)47)24-50-12-14-53)55-26-33-15-32(20-48)21-51-22-33/h3-8,15-19,21-22,31,49-50,52-53H,9-14,23-28H2,1-2H3. The molecule has 57 heavy (non-hydrogen) atoms. The van der Waals surface area contributed by atoms with Crippen LogP contribution in [-0.4, -0.2) is 48.1 Å². The number of nitrogens with one attached hydrogen (secondary N) is 2. The second-order valence-electron chi connectivity index (χ2n) is 14.1. The Morgan fingerprint density at radius 1 is 0.684 bits per heavy atom. The zero-order chi connectivity index (χ0) is 40.1. The van der Waals surface area contributed by atoms with Crippen molar-refractivity contribution in [3.05, 3.63) is 134 Å². The van der Waals surface area contributed by atoms with Gasteiger partial charge in [-0.2, -0.15) is 5.26 Å². The van der Waals surface area contributed by atoms with Crippen LogP contribution in [0.1, 0.15) is 57.3 Å². The van der Waals surface area contributed by atoms with E-state index in [9.17, 15) is 15.5 Å². The fourth-order valence-corrected chi connectivity index (χ4v) is 6.86. The van der Waals surface area contributed by atoms with Crippen molar-refractivity contribution in [1.29, 1.82) is 5.26 Å². The molecular weight excluding hydrogens is 763 g/mol. The Morgan fingerprint density at radius 2 is 1.21 bits per heavy atom. The third-order valence-corrected chi connectivity index (χ3v) is 10.5. The molecule has 6 rings (SSSR count). The number of ether oxygens (including phenoxy) is 4. The maximum absolute atomic E-state index is 9.29. The summed E-state index contributed by atoms with van der Waals surface area (Å²) in [6, 6.07) is 23.6. The number of aliphatic hydroxyl groups is 2. The Morgan fingerprint density at radius 3 is 1.72 bits per heavy atom. The Bertz CT molecular complexity index is 2190. The molecule has 298 valence electrons.